The monoisotopic (exact) mass is 240 g/mol. The largest absolute Gasteiger partial charge is 0.345 e. The molecular formula is C11H20N4S. The highest BCUT2D eigenvalue weighted by molar-refractivity contribution is 7.15. The maximum Gasteiger partial charge on any atom is 0.185 e. The fourth-order valence-corrected chi connectivity index (χ4v) is 2.93. The van der Waals surface area contributed by atoms with Crippen LogP contribution in [-0.2, 0) is 6.54 Å². The molecule has 1 aliphatic heterocycles. The summed E-state index contributed by atoms with van der Waals surface area (Å²) in [5.41, 5.74) is 6.78. The van der Waals surface area contributed by atoms with Crippen molar-refractivity contribution >= 4 is 16.5 Å². The van der Waals surface area contributed by atoms with E-state index in [0.29, 0.717) is 12.6 Å². The zero-order valence-corrected chi connectivity index (χ0v) is 11.0. The van der Waals surface area contributed by atoms with E-state index in [1.165, 1.54) is 4.88 Å². The quantitative estimate of drug-likeness (QED) is 0.839. The van der Waals surface area contributed by atoms with Gasteiger partial charge in [-0.15, -0.1) is 11.3 Å². The summed E-state index contributed by atoms with van der Waals surface area (Å²) in [5, 5.41) is 1.14. The van der Waals surface area contributed by atoms with Crippen molar-refractivity contribution in [3.63, 3.8) is 0 Å². The molecule has 2 heterocycles. The Balaban J connectivity index is 2.12. The third kappa shape index (κ3) is 2.21. The Bertz CT molecular complexity index is 363. The highest BCUT2D eigenvalue weighted by Gasteiger charge is 2.23. The predicted molar refractivity (Wildman–Crippen MR) is 69.0 cm³/mol. The average Bonchev–Trinajstić information content (AvgIpc) is 2.64. The van der Waals surface area contributed by atoms with Crippen molar-refractivity contribution in [3.8, 4) is 0 Å². The van der Waals surface area contributed by atoms with Crippen LogP contribution in [0.3, 0.4) is 0 Å². The van der Waals surface area contributed by atoms with Gasteiger partial charge in [0.1, 0.15) is 0 Å². The fourth-order valence-electron chi connectivity index (χ4n) is 1.96. The second kappa shape index (κ2) is 4.69. The van der Waals surface area contributed by atoms with E-state index in [-0.39, 0.29) is 0 Å². The summed E-state index contributed by atoms with van der Waals surface area (Å²) in [6.07, 6.45) is 0. The molecule has 1 aliphatic rings. The van der Waals surface area contributed by atoms with E-state index in [4.69, 9.17) is 5.73 Å². The molecule has 0 bridgehead atoms. The summed E-state index contributed by atoms with van der Waals surface area (Å²) in [7, 11) is 2.18. The lowest BCUT2D eigenvalue weighted by molar-refractivity contribution is 0.234. The van der Waals surface area contributed by atoms with E-state index < -0.39 is 0 Å². The van der Waals surface area contributed by atoms with E-state index in [0.717, 1.165) is 30.5 Å². The van der Waals surface area contributed by atoms with Gasteiger partial charge in [0.15, 0.2) is 5.13 Å². The van der Waals surface area contributed by atoms with Crippen molar-refractivity contribution in [1.82, 2.24) is 9.88 Å². The van der Waals surface area contributed by atoms with E-state index >= 15 is 0 Å². The van der Waals surface area contributed by atoms with Crippen LogP contribution >= 0.6 is 11.3 Å². The van der Waals surface area contributed by atoms with Gasteiger partial charge in [-0.3, -0.25) is 0 Å². The molecule has 0 radical (unpaired) electrons. The van der Waals surface area contributed by atoms with E-state index in [9.17, 15) is 0 Å². The molecule has 5 heteroatoms. The normalized spacial score (nSPS) is 22.8. The van der Waals surface area contributed by atoms with Crippen LogP contribution < -0.4 is 10.6 Å². The Kier molecular flexibility index (Phi) is 3.47. The first kappa shape index (κ1) is 11.8. The van der Waals surface area contributed by atoms with Crippen molar-refractivity contribution in [1.29, 1.82) is 0 Å². The second-order valence-electron chi connectivity index (χ2n) is 4.48. The zero-order valence-electron chi connectivity index (χ0n) is 10.2. The molecule has 0 saturated carbocycles. The van der Waals surface area contributed by atoms with E-state index in [1.807, 2.05) is 6.92 Å². The SMILES string of the molecule is Cc1nc(N2CCN(C)C(C)C2)sc1CN. The number of likely N-dealkylation sites (N-methyl/N-ethyl adjacent to an activating group) is 1. The molecule has 1 aromatic rings. The second-order valence-corrected chi connectivity index (χ2v) is 5.55. The van der Waals surface area contributed by atoms with Gasteiger partial charge in [0, 0.05) is 37.1 Å². The molecule has 1 atom stereocenters. The molecule has 0 spiro atoms. The first-order chi connectivity index (χ1) is 7.61. The van der Waals surface area contributed by atoms with Crippen LogP contribution in [0.5, 0.6) is 0 Å². The topological polar surface area (TPSA) is 45.4 Å². The van der Waals surface area contributed by atoms with Crippen LogP contribution in [0.15, 0.2) is 0 Å². The Morgan fingerprint density at radius 2 is 2.25 bits per heavy atom. The van der Waals surface area contributed by atoms with Crippen molar-refractivity contribution in [3.05, 3.63) is 10.6 Å². The zero-order chi connectivity index (χ0) is 11.7. The number of anilines is 1. The highest BCUT2D eigenvalue weighted by Crippen LogP contribution is 2.27. The Morgan fingerprint density at radius 3 is 2.81 bits per heavy atom. The number of piperazine rings is 1. The summed E-state index contributed by atoms with van der Waals surface area (Å²) in [5.74, 6) is 0. The van der Waals surface area contributed by atoms with Gasteiger partial charge in [-0.05, 0) is 20.9 Å². The summed E-state index contributed by atoms with van der Waals surface area (Å²) in [6.45, 7) is 8.15. The summed E-state index contributed by atoms with van der Waals surface area (Å²) < 4.78 is 0. The lowest BCUT2D eigenvalue weighted by Crippen LogP contribution is -2.50. The lowest BCUT2D eigenvalue weighted by atomic mass is 10.2. The van der Waals surface area contributed by atoms with E-state index in [2.05, 4.69) is 28.8 Å². The molecular weight excluding hydrogens is 220 g/mol. The number of aromatic nitrogens is 1. The minimum absolute atomic E-state index is 0.597. The number of aryl methyl sites for hydroxylation is 1. The van der Waals surface area contributed by atoms with Gasteiger partial charge >= 0.3 is 0 Å². The number of hydrogen-bond donors (Lipinski definition) is 1. The smallest absolute Gasteiger partial charge is 0.185 e. The van der Waals surface area contributed by atoms with E-state index in [1.54, 1.807) is 11.3 Å². The number of thiazole rings is 1. The van der Waals surface area contributed by atoms with Gasteiger partial charge in [0.05, 0.1) is 5.69 Å². The third-order valence-electron chi connectivity index (χ3n) is 3.30. The van der Waals surface area contributed by atoms with Crippen molar-refractivity contribution in [2.75, 3.05) is 31.6 Å². The predicted octanol–water partition coefficient (Wildman–Crippen LogP) is 1.05. The number of rotatable bonds is 2. The minimum atomic E-state index is 0.597. The van der Waals surface area contributed by atoms with Crippen molar-refractivity contribution in [2.24, 2.45) is 5.73 Å². The maximum atomic E-state index is 5.69. The molecule has 1 fully saturated rings. The van der Waals surface area contributed by atoms with Gasteiger partial charge in [0.25, 0.3) is 0 Å². The Hall–Kier alpha value is -0.650. The van der Waals surface area contributed by atoms with Crippen LogP contribution in [0, 0.1) is 6.92 Å². The molecule has 1 unspecified atom stereocenters. The van der Waals surface area contributed by atoms with Gasteiger partial charge in [-0.1, -0.05) is 0 Å². The number of hydrogen-bond acceptors (Lipinski definition) is 5. The van der Waals surface area contributed by atoms with Crippen LogP contribution in [0.4, 0.5) is 5.13 Å². The molecule has 90 valence electrons. The molecule has 2 rings (SSSR count). The Morgan fingerprint density at radius 1 is 1.50 bits per heavy atom. The molecule has 1 saturated heterocycles. The molecule has 16 heavy (non-hydrogen) atoms. The van der Waals surface area contributed by atoms with Crippen molar-refractivity contribution in [2.45, 2.75) is 26.4 Å². The molecule has 1 aromatic heterocycles. The first-order valence-electron chi connectivity index (χ1n) is 5.73. The van der Waals surface area contributed by atoms with Crippen LogP contribution in [-0.4, -0.2) is 42.6 Å². The van der Waals surface area contributed by atoms with Crippen molar-refractivity contribution < 1.29 is 0 Å². The van der Waals surface area contributed by atoms with Crippen LogP contribution in [0.1, 0.15) is 17.5 Å². The molecule has 0 aliphatic carbocycles. The first-order valence-corrected chi connectivity index (χ1v) is 6.55. The number of nitrogens with zero attached hydrogens (tertiary/aromatic N) is 3. The number of nitrogens with two attached hydrogens (primary N) is 1. The molecule has 0 aromatic carbocycles. The molecule has 0 amide bonds. The summed E-state index contributed by atoms with van der Waals surface area (Å²) >= 11 is 1.74. The third-order valence-corrected chi connectivity index (χ3v) is 4.54. The highest BCUT2D eigenvalue weighted by atomic mass is 32.1. The lowest BCUT2D eigenvalue weighted by Gasteiger charge is -2.37. The summed E-state index contributed by atoms with van der Waals surface area (Å²) in [4.78, 5) is 10.6. The molecule has 2 N–H and O–H groups in total. The minimum Gasteiger partial charge on any atom is -0.345 e. The standard InChI is InChI=1S/C11H20N4S/c1-8-7-15(5-4-14(8)3)11-13-9(2)10(6-12)16-11/h8H,4-7,12H2,1-3H3. The van der Waals surface area contributed by atoms with Crippen LogP contribution in [0.25, 0.3) is 0 Å². The molecule has 4 nitrogen and oxygen atoms in total. The Labute approximate surface area is 101 Å². The average molecular weight is 240 g/mol. The summed E-state index contributed by atoms with van der Waals surface area (Å²) in [6, 6.07) is 0.597. The van der Waals surface area contributed by atoms with Gasteiger partial charge in [-0.2, -0.15) is 0 Å². The fraction of sp³-hybridized carbons (Fsp3) is 0.727. The van der Waals surface area contributed by atoms with Crippen LogP contribution in [0.2, 0.25) is 0 Å². The maximum absolute atomic E-state index is 5.69. The van der Waals surface area contributed by atoms with Gasteiger partial charge < -0.3 is 15.5 Å². The van der Waals surface area contributed by atoms with Gasteiger partial charge in [0.2, 0.25) is 0 Å². The van der Waals surface area contributed by atoms with Gasteiger partial charge in [-0.25, -0.2) is 4.98 Å².